The van der Waals surface area contributed by atoms with E-state index in [1.54, 1.807) is 12.1 Å². The van der Waals surface area contributed by atoms with E-state index >= 15 is 0 Å². The van der Waals surface area contributed by atoms with Gasteiger partial charge < -0.3 is 20.4 Å². The van der Waals surface area contributed by atoms with Gasteiger partial charge in [0.2, 0.25) is 0 Å². The minimum Gasteiger partial charge on any atom is -0.507 e. The van der Waals surface area contributed by atoms with Crippen molar-refractivity contribution in [2.45, 2.75) is 6.92 Å². The summed E-state index contributed by atoms with van der Waals surface area (Å²) in [5, 5.41) is 22.9. The number of phenolic OH excluding ortho intramolecular Hbond substituents is 1. The van der Waals surface area contributed by atoms with Crippen molar-refractivity contribution in [3.05, 3.63) is 113 Å². The van der Waals surface area contributed by atoms with Crippen molar-refractivity contribution in [3.8, 4) is 5.75 Å². The highest BCUT2D eigenvalue weighted by molar-refractivity contribution is 6.11. The predicted octanol–water partition coefficient (Wildman–Crippen LogP) is 6.14. The van der Waals surface area contributed by atoms with Crippen molar-refractivity contribution >= 4 is 34.5 Å². The van der Waals surface area contributed by atoms with Gasteiger partial charge in [-0.3, -0.25) is 4.79 Å². The molecule has 170 valence electrons. The lowest BCUT2D eigenvalue weighted by Gasteiger charge is -2.21. The Bertz CT molecular complexity index is 1330. The maximum Gasteiger partial charge on any atom is 0.335 e. The monoisotopic (exact) mass is 452 g/mol. The fourth-order valence-electron chi connectivity index (χ4n) is 3.56. The molecule has 0 bridgehead atoms. The van der Waals surface area contributed by atoms with Gasteiger partial charge in [-0.1, -0.05) is 29.8 Å². The molecular formula is C28H24N2O4. The Labute approximate surface area is 197 Å². The van der Waals surface area contributed by atoms with Crippen LogP contribution in [0.2, 0.25) is 0 Å². The molecule has 0 amide bonds. The molecule has 0 aliphatic rings. The van der Waals surface area contributed by atoms with Crippen molar-refractivity contribution in [1.82, 2.24) is 0 Å². The quantitative estimate of drug-likeness (QED) is 0.292. The minimum absolute atomic E-state index is 0.0952. The average molecular weight is 453 g/mol. The summed E-state index contributed by atoms with van der Waals surface area (Å²) < 4.78 is 0. The number of phenols is 1. The van der Waals surface area contributed by atoms with Crippen molar-refractivity contribution in [3.63, 3.8) is 0 Å². The number of nitrogens with one attached hydrogen (secondary N) is 1. The molecule has 0 saturated heterocycles. The molecule has 4 aromatic rings. The van der Waals surface area contributed by atoms with Gasteiger partial charge in [0.05, 0.1) is 11.1 Å². The normalized spacial score (nSPS) is 10.5. The van der Waals surface area contributed by atoms with Crippen LogP contribution in [0, 0.1) is 6.92 Å². The van der Waals surface area contributed by atoms with Gasteiger partial charge in [-0.15, -0.1) is 0 Å². The van der Waals surface area contributed by atoms with E-state index < -0.39 is 5.97 Å². The molecule has 0 saturated carbocycles. The van der Waals surface area contributed by atoms with Crippen molar-refractivity contribution < 1.29 is 19.8 Å². The number of benzene rings is 4. The van der Waals surface area contributed by atoms with Crippen LogP contribution >= 0.6 is 0 Å². The van der Waals surface area contributed by atoms with Crippen molar-refractivity contribution in [2.24, 2.45) is 0 Å². The van der Waals surface area contributed by atoms with Crippen LogP contribution in [0.1, 0.15) is 31.8 Å². The fourth-order valence-corrected chi connectivity index (χ4v) is 3.56. The standard InChI is InChI=1S/C28H24N2O4/c1-18-3-9-21(10-4-18)29-22-11-13-23(14-12-22)30(2)24-15-16-25(26(31)17-24)27(32)19-5-7-20(8-6-19)28(33)34/h3-17,29,31H,1-2H3,(H,33,34). The molecule has 0 aliphatic carbocycles. The Kier molecular flexibility index (Phi) is 6.32. The number of aromatic hydroxyl groups is 1. The Hall–Kier alpha value is -4.58. The summed E-state index contributed by atoms with van der Waals surface area (Å²) in [7, 11) is 1.88. The second-order valence-corrected chi connectivity index (χ2v) is 8.01. The maximum atomic E-state index is 12.8. The molecule has 6 heteroatoms. The van der Waals surface area contributed by atoms with Gasteiger partial charge in [0.15, 0.2) is 5.78 Å². The zero-order valence-electron chi connectivity index (χ0n) is 18.8. The number of anilines is 4. The molecule has 0 unspecified atom stereocenters. The van der Waals surface area contributed by atoms with E-state index in [9.17, 15) is 14.7 Å². The number of carbonyl (C=O) groups is 2. The highest BCUT2D eigenvalue weighted by Crippen LogP contribution is 2.31. The first-order chi connectivity index (χ1) is 16.3. The summed E-state index contributed by atoms with van der Waals surface area (Å²) in [5.41, 5.74) is 5.35. The third-order valence-corrected chi connectivity index (χ3v) is 5.60. The van der Waals surface area contributed by atoms with Crippen LogP contribution in [0.15, 0.2) is 91.0 Å². The van der Waals surface area contributed by atoms with E-state index in [4.69, 9.17) is 5.11 Å². The number of aromatic carboxylic acids is 1. The lowest BCUT2D eigenvalue weighted by molar-refractivity contribution is 0.0696. The van der Waals surface area contributed by atoms with Crippen LogP contribution in [0.5, 0.6) is 5.75 Å². The molecular weight excluding hydrogens is 428 g/mol. The Morgan fingerprint density at radius 2 is 1.26 bits per heavy atom. The third kappa shape index (κ3) is 4.91. The Balaban J connectivity index is 1.49. The van der Waals surface area contributed by atoms with Gasteiger partial charge in [0, 0.05) is 41.4 Å². The summed E-state index contributed by atoms with van der Waals surface area (Å²) in [6.07, 6.45) is 0. The largest absolute Gasteiger partial charge is 0.507 e. The molecule has 0 fully saturated rings. The van der Waals surface area contributed by atoms with E-state index in [1.165, 1.54) is 35.9 Å². The van der Waals surface area contributed by atoms with Gasteiger partial charge in [0.25, 0.3) is 0 Å². The van der Waals surface area contributed by atoms with E-state index in [-0.39, 0.29) is 22.7 Å². The van der Waals surface area contributed by atoms with Crippen LogP contribution in [-0.4, -0.2) is 29.0 Å². The van der Waals surface area contributed by atoms with Crippen molar-refractivity contribution in [2.75, 3.05) is 17.3 Å². The molecule has 0 atom stereocenters. The van der Waals surface area contributed by atoms with E-state index in [0.717, 1.165) is 22.7 Å². The summed E-state index contributed by atoms with van der Waals surface area (Å²) in [4.78, 5) is 25.7. The molecule has 34 heavy (non-hydrogen) atoms. The number of ketones is 1. The molecule has 0 aromatic heterocycles. The Morgan fingerprint density at radius 1 is 0.735 bits per heavy atom. The molecule has 0 aliphatic heterocycles. The van der Waals surface area contributed by atoms with E-state index in [2.05, 4.69) is 17.4 Å². The smallest absolute Gasteiger partial charge is 0.335 e. The molecule has 6 nitrogen and oxygen atoms in total. The highest BCUT2D eigenvalue weighted by atomic mass is 16.4. The molecule has 0 radical (unpaired) electrons. The van der Waals surface area contributed by atoms with Crippen LogP contribution in [-0.2, 0) is 0 Å². The zero-order valence-corrected chi connectivity index (χ0v) is 18.8. The first-order valence-corrected chi connectivity index (χ1v) is 10.7. The number of carboxylic acids is 1. The van der Waals surface area contributed by atoms with Gasteiger partial charge in [-0.2, -0.15) is 0 Å². The van der Waals surface area contributed by atoms with Crippen LogP contribution in [0.25, 0.3) is 0 Å². The number of hydrogen-bond acceptors (Lipinski definition) is 5. The summed E-state index contributed by atoms with van der Waals surface area (Å²) in [5.74, 6) is -1.59. The van der Waals surface area contributed by atoms with Gasteiger partial charge in [0.1, 0.15) is 5.75 Å². The van der Waals surface area contributed by atoms with Crippen molar-refractivity contribution in [1.29, 1.82) is 0 Å². The Morgan fingerprint density at radius 3 is 1.82 bits per heavy atom. The molecule has 0 spiro atoms. The van der Waals surface area contributed by atoms with E-state index in [1.807, 2.05) is 55.3 Å². The van der Waals surface area contributed by atoms with Crippen LogP contribution in [0.4, 0.5) is 22.7 Å². The lowest BCUT2D eigenvalue weighted by Crippen LogP contribution is -2.10. The van der Waals surface area contributed by atoms with Gasteiger partial charge in [-0.25, -0.2) is 4.79 Å². The maximum absolute atomic E-state index is 12.8. The van der Waals surface area contributed by atoms with Crippen LogP contribution < -0.4 is 10.2 Å². The first kappa shape index (κ1) is 22.6. The first-order valence-electron chi connectivity index (χ1n) is 10.7. The third-order valence-electron chi connectivity index (χ3n) is 5.60. The SMILES string of the molecule is Cc1ccc(Nc2ccc(N(C)c3ccc(C(=O)c4ccc(C(=O)O)cc4)c(O)c3)cc2)cc1. The number of aryl methyl sites for hydroxylation is 1. The minimum atomic E-state index is -1.06. The van der Waals surface area contributed by atoms with Gasteiger partial charge >= 0.3 is 5.97 Å². The van der Waals surface area contributed by atoms with Gasteiger partial charge in [-0.05, 0) is 67.6 Å². The number of carboxylic acid groups (broad SMARTS) is 1. The molecule has 4 aromatic carbocycles. The van der Waals surface area contributed by atoms with E-state index in [0.29, 0.717) is 5.56 Å². The molecule has 0 heterocycles. The second kappa shape index (κ2) is 9.50. The number of carbonyl (C=O) groups excluding carboxylic acids is 1. The fraction of sp³-hybridized carbons (Fsp3) is 0.0714. The lowest BCUT2D eigenvalue weighted by atomic mass is 10.0. The second-order valence-electron chi connectivity index (χ2n) is 8.01. The molecule has 4 rings (SSSR count). The topological polar surface area (TPSA) is 89.9 Å². The summed E-state index contributed by atoms with van der Waals surface area (Å²) in [6, 6.07) is 26.5. The summed E-state index contributed by atoms with van der Waals surface area (Å²) >= 11 is 0. The number of nitrogens with zero attached hydrogens (tertiary/aromatic N) is 1. The average Bonchev–Trinajstić information content (AvgIpc) is 2.85. The number of hydrogen-bond donors (Lipinski definition) is 3. The predicted molar refractivity (Wildman–Crippen MR) is 134 cm³/mol. The zero-order chi connectivity index (χ0) is 24.2. The summed E-state index contributed by atoms with van der Waals surface area (Å²) in [6.45, 7) is 2.05. The molecule has 3 N–H and O–H groups in total. The number of rotatable bonds is 7. The van der Waals surface area contributed by atoms with Crippen LogP contribution in [0.3, 0.4) is 0 Å². The highest BCUT2D eigenvalue weighted by Gasteiger charge is 2.16.